The fourth-order valence-electron chi connectivity index (χ4n) is 5.77. The lowest BCUT2D eigenvalue weighted by atomic mass is 10.2. The van der Waals surface area contributed by atoms with Crippen molar-refractivity contribution in [3.05, 3.63) is 131 Å². The van der Waals surface area contributed by atoms with Gasteiger partial charge >= 0.3 is 0 Å². The van der Waals surface area contributed by atoms with Gasteiger partial charge < -0.3 is 9.74 Å². The second-order valence-electron chi connectivity index (χ2n) is 11.9. The van der Waals surface area contributed by atoms with E-state index in [9.17, 15) is 4.79 Å². The topological polar surface area (TPSA) is 69.0 Å². The molecule has 0 amide bonds. The fourth-order valence-corrected chi connectivity index (χ4v) is 10.4. The first kappa shape index (κ1) is 30.5. The molecular weight excluding hydrogens is 555 g/mol. The highest BCUT2D eigenvalue weighted by molar-refractivity contribution is 6.99. The van der Waals surface area contributed by atoms with Crippen molar-refractivity contribution in [1.82, 2.24) is 19.9 Å². The Morgan fingerprint density at radius 1 is 0.907 bits per heavy atom. The van der Waals surface area contributed by atoms with Crippen LogP contribution in [-0.4, -0.2) is 42.2 Å². The number of aromatic nitrogens is 3. The molecular formula is C35H39FN4O2Si. The summed E-state index contributed by atoms with van der Waals surface area (Å²) in [7, 11) is -2.85. The number of nitrogens with one attached hydrogen (secondary N) is 1. The van der Waals surface area contributed by atoms with Crippen molar-refractivity contribution >= 4 is 29.6 Å². The Bertz CT molecular complexity index is 1650. The molecule has 2 atom stereocenters. The molecule has 5 aromatic rings. The van der Waals surface area contributed by atoms with Crippen molar-refractivity contribution in [3.8, 4) is 0 Å². The van der Waals surface area contributed by atoms with E-state index in [1.54, 1.807) is 23.0 Å². The van der Waals surface area contributed by atoms with Crippen LogP contribution in [0.2, 0.25) is 5.04 Å². The Kier molecular flexibility index (Phi) is 9.30. The summed E-state index contributed by atoms with van der Waals surface area (Å²) in [5, 5.41) is 5.77. The Labute approximate surface area is 253 Å². The molecule has 2 aromatic heterocycles. The maximum absolute atomic E-state index is 15.7. The molecule has 0 saturated heterocycles. The second-order valence-corrected chi connectivity index (χ2v) is 16.2. The lowest BCUT2D eigenvalue weighted by Gasteiger charge is -2.43. The second kappa shape index (κ2) is 13.1. The van der Waals surface area contributed by atoms with Crippen molar-refractivity contribution in [2.24, 2.45) is 0 Å². The molecule has 0 bridgehead atoms. The average molecular weight is 595 g/mol. The molecule has 2 unspecified atom stereocenters. The number of benzene rings is 3. The lowest BCUT2D eigenvalue weighted by Crippen LogP contribution is -2.67. The summed E-state index contributed by atoms with van der Waals surface area (Å²) in [5.74, 6) is 0.537. The van der Waals surface area contributed by atoms with E-state index in [1.807, 2.05) is 73.7 Å². The van der Waals surface area contributed by atoms with Crippen molar-refractivity contribution in [2.45, 2.75) is 51.5 Å². The summed E-state index contributed by atoms with van der Waals surface area (Å²) >= 11 is 0. The van der Waals surface area contributed by atoms with Gasteiger partial charge in [-0.15, -0.1) is 0 Å². The summed E-state index contributed by atoms with van der Waals surface area (Å²) < 4.78 is 24.2. The maximum atomic E-state index is 15.7. The SMILES string of the molecule is CC(NCC(F)CO[Si](c1ccccc1)(c1ccccc1)C(C)(C)C)c1nc2cnccc2c(=O)n1Cc1ccccc1. The van der Waals surface area contributed by atoms with Gasteiger partial charge in [0.1, 0.15) is 12.0 Å². The molecule has 0 aliphatic heterocycles. The quantitative estimate of drug-likeness (QED) is 0.207. The Morgan fingerprint density at radius 2 is 1.49 bits per heavy atom. The first-order valence-corrected chi connectivity index (χ1v) is 16.6. The molecule has 3 aromatic carbocycles. The maximum Gasteiger partial charge on any atom is 0.261 e. The number of halogens is 1. The zero-order chi connectivity index (χ0) is 30.5. The van der Waals surface area contributed by atoms with Crippen LogP contribution in [0.3, 0.4) is 0 Å². The summed E-state index contributed by atoms with van der Waals surface area (Å²) in [6.45, 7) is 8.80. The van der Waals surface area contributed by atoms with Gasteiger partial charge in [0, 0.05) is 12.7 Å². The number of nitrogens with zero attached hydrogens (tertiary/aromatic N) is 3. The number of fused-ring (bicyclic) bond motifs is 1. The third-order valence-corrected chi connectivity index (χ3v) is 12.9. The van der Waals surface area contributed by atoms with Crippen molar-refractivity contribution in [2.75, 3.05) is 13.2 Å². The molecule has 1 N–H and O–H groups in total. The predicted molar refractivity (Wildman–Crippen MR) is 174 cm³/mol. The molecule has 0 aliphatic rings. The normalized spacial score (nSPS) is 13.6. The van der Waals surface area contributed by atoms with Crippen LogP contribution in [0, 0.1) is 0 Å². The number of alkyl halides is 1. The van der Waals surface area contributed by atoms with E-state index in [4.69, 9.17) is 9.41 Å². The largest absolute Gasteiger partial charge is 0.404 e. The van der Waals surface area contributed by atoms with Gasteiger partial charge in [0.15, 0.2) is 0 Å². The van der Waals surface area contributed by atoms with Crippen LogP contribution in [0.15, 0.2) is 114 Å². The van der Waals surface area contributed by atoms with Crippen LogP contribution in [0.1, 0.15) is 45.1 Å². The molecule has 2 heterocycles. The van der Waals surface area contributed by atoms with Gasteiger partial charge in [0.05, 0.1) is 36.3 Å². The van der Waals surface area contributed by atoms with Gasteiger partial charge in [-0.3, -0.25) is 14.3 Å². The Morgan fingerprint density at radius 3 is 2.07 bits per heavy atom. The number of hydrogen-bond donors (Lipinski definition) is 1. The number of rotatable bonds is 11. The van der Waals surface area contributed by atoms with Crippen LogP contribution in [0.5, 0.6) is 0 Å². The van der Waals surface area contributed by atoms with E-state index in [2.05, 4.69) is 55.3 Å². The number of hydrogen-bond acceptors (Lipinski definition) is 5. The highest BCUT2D eigenvalue weighted by Crippen LogP contribution is 2.36. The third kappa shape index (κ3) is 6.51. The van der Waals surface area contributed by atoms with Crippen LogP contribution in [0.25, 0.3) is 10.9 Å². The van der Waals surface area contributed by atoms with Crippen LogP contribution in [0.4, 0.5) is 4.39 Å². The molecule has 0 aliphatic carbocycles. The highest BCUT2D eigenvalue weighted by Gasteiger charge is 2.50. The molecule has 0 fully saturated rings. The Hall–Kier alpha value is -3.98. The smallest absolute Gasteiger partial charge is 0.261 e. The van der Waals surface area contributed by atoms with Crippen molar-refractivity contribution in [3.63, 3.8) is 0 Å². The number of pyridine rings is 1. The third-order valence-electron chi connectivity index (χ3n) is 7.90. The summed E-state index contributed by atoms with van der Waals surface area (Å²) in [5.41, 5.74) is 1.36. The summed E-state index contributed by atoms with van der Waals surface area (Å²) in [6, 6.07) is 31.6. The molecule has 222 valence electrons. The molecule has 0 saturated carbocycles. The molecule has 0 spiro atoms. The van der Waals surface area contributed by atoms with E-state index in [0.29, 0.717) is 23.3 Å². The zero-order valence-electron chi connectivity index (χ0n) is 25.2. The molecule has 6 nitrogen and oxygen atoms in total. The summed E-state index contributed by atoms with van der Waals surface area (Å²) in [4.78, 5) is 22.5. The first-order chi connectivity index (χ1) is 20.7. The highest BCUT2D eigenvalue weighted by atomic mass is 28.4. The molecule has 5 rings (SSSR count). The first-order valence-electron chi connectivity index (χ1n) is 14.7. The minimum Gasteiger partial charge on any atom is -0.404 e. The fraction of sp³-hybridized carbons (Fsp3) is 0.286. The minimum atomic E-state index is -2.85. The van der Waals surface area contributed by atoms with Gasteiger partial charge in [0.25, 0.3) is 13.9 Å². The molecule has 8 heteroatoms. The lowest BCUT2D eigenvalue weighted by molar-refractivity contribution is 0.180. The van der Waals surface area contributed by atoms with Gasteiger partial charge in [-0.05, 0) is 34.0 Å². The average Bonchev–Trinajstić information content (AvgIpc) is 3.02. The Balaban J connectivity index is 1.38. The van der Waals surface area contributed by atoms with Crippen LogP contribution >= 0.6 is 0 Å². The molecule has 0 radical (unpaired) electrons. The van der Waals surface area contributed by atoms with E-state index in [1.165, 1.54) is 0 Å². The van der Waals surface area contributed by atoms with E-state index < -0.39 is 20.5 Å². The molecule has 43 heavy (non-hydrogen) atoms. The standard InChI is InChI=1S/C35H39FN4O2Si/c1-26(33-39-32-23-37-21-20-31(32)34(41)40(33)24-27-14-8-5-9-15-27)38-22-28(36)25-42-43(35(2,3)4,29-16-10-6-11-17-29)30-18-12-7-13-19-30/h5-21,23,26,28,38H,22,24-25H2,1-4H3. The monoisotopic (exact) mass is 594 g/mol. The van der Waals surface area contributed by atoms with E-state index in [-0.39, 0.29) is 23.7 Å². The van der Waals surface area contributed by atoms with Gasteiger partial charge in [-0.2, -0.15) is 0 Å². The van der Waals surface area contributed by atoms with Crippen LogP contribution < -0.4 is 21.2 Å². The van der Waals surface area contributed by atoms with E-state index >= 15 is 4.39 Å². The van der Waals surface area contributed by atoms with Gasteiger partial charge in [0.2, 0.25) is 0 Å². The van der Waals surface area contributed by atoms with Crippen molar-refractivity contribution in [1.29, 1.82) is 0 Å². The summed E-state index contributed by atoms with van der Waals surface area (Å²) in [6.07, 6.45) is 1.91. The van der Waals surface area contributed by atoms with E-state index in [0.717, 1.165) is 15.9 Å². The van der Waals surface area contributed by atoms with Gasteiger partial charge in [-0.25, -0.2) is 9.37 Å². The minimum absolute atomic E-state index is 0.0473. The van der Waals surface area contributed by atoms with Crippen molar-refractivity contribution < 1.29 is 8.82 Å². The predicted octanol–water partition coefficient (Wildman–Crippen LogP) is 5.41. The van der Waals surface area contributed by atoms with Crippen LogP contribution in [-0.2, 0) is 11.0 Å². The van der Waals surface area contributed by atoms with Gasteiger partial charge in [-0.1, -0.05) is 112 Å². The zero-order valence-corrected chi connectivity index (χ0v) is 26.2.